The molecule has 0 aromatic carbocycles. The smallest absolute Gasteiger partial charge is 0.155 e. The number of aromatic nitrogens is 3. The van der Waals surface area contributed by atoms with Crippen LogP contribution in [0.25, 0.3) is 16.2 Å². The molecular formula is C10H7ClN4S. The summed E-state index contributed by atoms with van der Waals surface area (Å²) in [4.78, 5) is 5.20. The summed E-state index contributed by atoms with van der Waals surface area (Å²) < 4.78 is 2.41. The fourth-order valence-electron chi connectivity index (χ4n) is 1.46. The van der Waals surface area contributed by atoms with Gasteiger partial charge < -0.3 is 5.73 Å². The number of nitrogens with zero attached hydrogens (tertiary/aromatic N) is 3. The van der Waals surface area contributed by atoms with Crippen molar-refractivity contribution >= 4 is 34.3 Å². The van der Waals surface area contributed by atoms with Crippen molar-refractivity contribution in [2.24, 2.45) is 0 Å². The van der Waals surface area contributed by atoms with Gasteiger partial charge in [0.15, 0.2) is 5.65 Å². The van der Waals surface area contributed by atoms with Gasteiger partial charge in [-0.15, -0.1) is 11.3 Å². The van der Waals surface area contributed by atoms with E-state index in [2.05, 4.69) is 10.1 Å². The molecule has 0 aliphatic carbocycles. The quantitative estimate of drug-likeness (QED) is 0.722. The van der Waals surface area contributed by atoms with Gasteiger partial charge in [-0.3, -0.25) is 0 Å². The summed E-state index contributed by atoms with van der Waals surface area (Å²) in [6, 6.07) is 5.70. The number of fused-ring (bicyclic) bond motifs is 1. The van der Waals surface area contributed by atoms with Gasteiger partial charge in [-0.1, -0.05) is 11.6 Å². The molecule has 0 saturated heterocycles. The minimum absolute atomic E-state index is 0.589. The van der Waals surface area contributed by atoms with E-state index in [9.17, 15) is 0 Å². The third-order valence-corrected chi connectivity index (χ3v) is 3.41. The minimum atomic E-state index is 0.589. The lowest BCUT2D eigenvalue weighted by molar-refractivity contribution is 0.947. The van der Waals surface area contributed by atoms with Crippen LogP contribution in [0.15, 0.2) is 30.6 Å². The molecule has 0 saturated carbocycles. The fraction of sp³-hybridized carbons (Fsp3) is 0. The third-order valence-electron chi connectivity index (χ3n) is 2.16. The van der Waals surface area contributed by atoms with Gasteiger partial charge in [-0.25, -0.2) is 9.50 Å². The van der Waals surface area contributed by atoms with Crippen molar-refractivity contribution in [2.75, 3.05) is 5.73 Å². The molecule has 0 fully saturated rings. The van der Waals surface area contributed by atoms with Crippen molar-refractivity contribution in [3.63, 3.8) is 0 Å². The second-order valence-electron chi connectivity index (χ2n) is 3.32. The van der Waals surface area contributed by atoms with Gasteiger partial charge in [0.05, 0.1) is 27.3 Å². The molecule has 0 aliphatic rings. The zero-order valence-corrected chi connectivity index (χ0v) is 9.66. The van der Waals surface area contributed by atoms with Crippen molar-refractivity contribution < 1.29 is 0 Å². The molecule has 80 valence electrons. The summed E-state index contributed by atoms with van der Waals surface area (Å²) in [6.07, 6.45) is 3.35. The van der Waals surface area contributed by atoms with Crippen LogP contribution in [0.5, 0.6) is 0 Å². The molecule has 6 heteroatoms. The molecule has 0 unspecified atom stereocenters. The predicted octanol–water partition coefficient (Wildman–Crippen LogP) is 2.69. The van der Waals surface area contributed by atoms with Crippen molar-refractivity contribution in [3.05, 3.63) is 34.9 Å². The van der Waals surface area contributed by atoms with Gasteiger partial charge in [0.25, 0.3) is 0 Å². The lowest BCUT2D eigenvalue weighted by Crippen LogP contribution is -1.93. The topological polar surface area (TPSA) is 56.2 Å². The Hall–Kier alpha value is -1.59. The molecule has 4 nitrogen and oxygen atoms in total. The SMILES string of the molecule is Nc1cnc2cc(-c3ccc(Cl)s3)nn2c1. The number of thiophene rings is 1. The summed E-state index contributed by atoms with van der Waals surface area (Å²) >= 11 is 7.37. The van der Waals surface area contributed by atoms with Crippen LogP contribution in [0.2, 0.25) is 4.34 Å². The lowest BCUT2D eigenvalue weighted by atomic mass is 10.3. The van der Waals surface area contributed by atoms with Crippen LogP contribution in [0.1, 0.15) is 0 Å². The highest BCUT2D eigenvalue weighted by molar-refractivity contribution is 7.19. The molecule has 0 aliphatic heterocycles. The molecule has 0 bridgehead atoms. The first-order chi connectivity index (χ1) is 7.72. The highest BCUT2D eigenvalue weighted by Crippen LogP contribution is 2.30. The van der Waals surface area contributed by atoms with Gasteiger partial charge >= 0.3 is 0 Å². The largest absolute Gasteiger partial charge is 0.396 e. The van der Waals surface area contributed by atoms with E-state index in [4.69, 9.17) is 17.3 Å². The number of hydrogen-bond donors (Lipinski definition) is 1. The first kappa shape index (κ1) is 9.62. The van der Waals surface area contributed by atoms with Gasteiger partial charge in [0.2, 0.25) is 0 Å². The van der Waals surface area contributed by atoms with E-state index in [0.29, 0.717) is 5.69 Å². The van der Waals surface area contributed by atoms with E-state index < -0.39 is 0 Å². The lowest BCUT2D eigenvalue weighted by Gasteiger charge is -1.92. The van der Waals surface area contributed by atoms with E-state index in [1.54, 1.807) is 16.9 Å². The molecular weight excluding hydrogens is 244 g/mol. The first-order valence-electron chi connectivity index (χ1n) is 4.59. The Morgan fingerprint density at radius 3 is 3.00 bits per heavy atom. The normalized spacial score (nSPS) is 11.1. The monoisotopic (exact) mass is 250 g/mol. The van der Waals surface area contributed by atoms with Crippen LogP contribution in [0, 0.1) is 0 Å². The number of rotatable bonds is 1. The maximum absolute atomic E-state index is 5.88. The molecule has 3 rings (SSSR count). The van der Waals surface area contributed by atoms with Crippen LogP contribution < -0.4 is 5.73 Å². The zero-order valence-electron chi connectivity index (χ0n) is 8.09. The molecule has 0 amide bonds. The molecule has 3 heterocycles. The molecule has 3 aromatic rings. The van der Waals surface area contributed by atoms with Crippen molar-refractivity contribution in [1.82, 2.24) is 14.6 Å². The van der Waals surface area contributed by atoms with Gasteiger partial charge in [0.1, 0.15) is 5.69 Å². The average molecular weight is 251 g/mol. The summed E-state index contributed by atoms with van der Waals surface area (Å²) in [5.74, 6) is 0. The first-order valence-corrected chi connectivity index (χ1v) is 5.78. The van der Waals surface area contributed by atoms with Gasteiger partial charge in [0, 0.05) is 6.07 Å². The van der Waals surface area contributed by atoms with Gasteiger partial charge in [-0.2, -0.15) is 5.10 Å². The molecule has 16 heavy (non-hydrogen) atoms. The number of hydrogen-bond acceptors (Lipinski definition) is 4. The molecule has 0 radical (unpaired) electrons. The predicted molar refractivity (Wildman–Crippen MR) is 65.7 cm³/mol. The maximum atomic E-state index is 5.88. The van der Waals surface area contributed by atoms with Crippen LogP contribution in [-0.4, -0.2) is 14.6 Å². The van der Waals surface area contributed by atoms with Crippen LogP contribution in [0.3, 0.4) is 0 Å². The molecule has 0 atom stereocenters. The van der Waals surface area contributed by atoms with Crippen LogP contribution in [0.4, 0.5) is 5.69 Å². The third kappa shape index (κ3) is 1.54. The fourth-order valence-corrected chi connectivity index (χ4v) is 2.46. The summed E-state index contributed by atoms with van der Waals surface area (Å²) in [6.45, 7) is 0. The summed E-state index contributed by atoms with van der Waals surface area (Å²) in [5, 5.41) is 4.38. The van der Waals surface area contributed by atoms with E-state index >= 15 is 0 Å². The Bertz CT molecular complexity index is 658. The van der Waals surface area contributed by atoms with Crippen molar-refractivity contribution in [2.45, 2.75) is 0 Å². The van der Waals surface area contributed by atoms with Crippen molar-refractivity contribution in [3.8, 4) is 10.6 Å². The summed E-state index contributed by atoms with van der Waals surface area (Å²) in [5.41, 5.74) is 7.85. The zero-order chi connectivity index (χ0) is 11.1. The number of anilines is 1. The van der Waals surface area contributed by atoms with Crippen LogP contribution >= 0.6 is 22.9 Å². The second-order valence-corrected chi connectivity index (χ2v) is 5.04. The maximum Gasteiger partial charge on any atom is 0.155 e. The minimum Gasteiger partial charge on any atom is -0.396 e. The highest BCUT2D eigenvalue weighted by Gasteiger charge is 2.07. The van der Waals surface area contributed by atoms with Crippen molar-refractivity contribution in [1.29, 1.82) is 0 Å². The van der Waals surface area contributed by atoms with Crippen LogP contribution in [-0.2, 0) is 0 Å². The average Bonchev–Trinajstić information content (AvgIpc) is 2.83. The van der Waals surface area contributed by atoms with E-state index in [1.165, 1.54) is 11.3 Å². The van der Waals surface area contributed by atoms with E-state index in [-0.39, 0.29) is 0 Å². The van der Waals surface area contributed by atoms with E-state index in [0.717, 1.165) is 20.6 Å². The molecule has 0 spiro atoms. The standard InChI is InChI=1S/C10H7ClN4S/c11-9-2-1-8(16-9)7-3-10-13-4-6(12)5-15(10)14-7/h1-5H,12H2. The number of nitrogen functional groups attached to an aromatic ring is 1. The Labute approximate surface area is 100 Å². The Morgan fingerprint density at radius 1 is 1.38 bits per heavy atom. The Kier molecular flexibility index (Phi) is 2.08. The Morgan fingerprint density at radius 2 is 2.25 bits per heavy atom. The summed E-state index contributed by atoms with van der Waals surface area (Å²) in [7, 11) is 0. The highest BCUT2D eigenvalue weighted by atomic mass is 35.5. The Balaban J connectivity index is 2.18. The number of halogens is 1. The molecule has 3 aromatic heterocycles. The molecule has 2 N–H and O–H groups in total. The number of nitrogens with two attached hydrogens (primary N) is 1. The second kappa shape index (κ2) is 3.47. The van der Waals surface area contributed by atoms with Gasteiger partial charge in [-0.05, 0) is 12.1 Å². The van der Waals surface area contributed by atoms with E-state index in [1.807, 2.05) is 18.2 Å².